The molecule has 2 N–H and O–H groups in total. The van der Waals surface area contributed by atoms with Crippen molar-refractivity contribution in [2.24, 2.45) is 5.73 Å². The van der Waals surface area contributed by atoms with E-state index in [0.717, 1.165) is 22.9 Å². The lowest BCUT2D eigenvalue weighted by atomic mass is 9.96. The Hall–Kier alpha value is -0.770. The van der Waals surface area contributed by atoms with Gasteiger partial charge >= 0.3 is 0 Å². The number of likely N-dealkylation sites (tertiary alicyclic amines) is 1. The number of ether oxygens (including phenoxy) is 1. The second kappa shape index (κ2) is 6.60. The summed E-state index contributed by atoms with van der Waals surface area (Å²) in [6, 6.07) is 6.51. The zero-order chi connectivity index (χ0) is 13.8. The molecule has 4 heteroatoms. The first kappa shape index (κ1) is 14.6. The second-order valence-corrected chi connectivity index (χ2v) is 5.66. The van der Waals surface area contributed by atoms with Crippen LogP contribution in [0.2, 0.25) is 5.02 Å². The van der Waals surface area contributed by atoms with Crippen LogP contribution >= 0.6 is 11.6 Å². The van der Waals surface area contributed by atoms with Crippen LogP contribution in [0.4, 0.5) is 0 Å². The number of hydrogen-bond donors (Lipinski definition) is 1. The van der Waals surface area contributed by atoms with E-state index in [1.165, 1.54) is 19.3 Å². The highest BCUT2D eigenvalue weighted by molar-refractivity contribution is 6.30. The number of hydrogen-bond acceptors (Lipinski definition) is 3. The van der Waals surface area contributed by atoms with Crippen molar-refractivity contribution in [3.05, 3.63) is 28.8 Å². The maximum absolute atomic E-state index is 6.14. The number of halogens is 1. The van der Waals surface area contributed by atoms with Crippen LogP contribution in [0.1, 0.15) is 37.8 Å². The van der Waals surface area contributed by atoms with E-state index >= 15 is 0 Å². The van der Waals surface area contributed by atoms with Gasteiger partial charge in [-0.05, 0) is 44.5 Å². The Bertz CT molecular complexity index is 425. The van der Waals surface area contributed by atoms with Crippen LogP contribution in [-0.2, 0) is 0 Å². The molecule has 19 heavy (non-hydrogen) atoms. The highest BCUT2D eigenvalue weighted by Crippen LogP contribution is 2.34. The lowest BCUT2D eigenvalue weighted by Crippen LogP contribution is -2.43. The molecule has 0 aromatic heterocycles. The largest absolute Gasteiger partial charge is 0.496 e. The zero-order valence-corrected chi connectivity index (χ0v) is 12.5. The highest BCUT2D eigenvalue weighted by Gasteiger charge is 2.28. The number of nitrogens with zero attached hydrogens (tertiary/aromatic N) is 1. The Morgan fingerprint density at radius 1 is 1.47 bits per heavy atom. The van der Waals surface area contributed by atoms with Gasteiger partial charge in [-0.1, -0.05) is 18.0 Å². The minimum atomic E-state index is 0.184. The van der Waals surface area contributed by atoms with Gasteiger partial charge in [0.2, 0.25) is 0 Å². The van der Waals surface area contributed by atoms with E-state index in [1.807, 2.05) is 18.2 Å². The van der Waals surface area contributed by atoms with E-state index in [0.29, 0.717) is 12.6 Å². The predicted octanol–water partition coefficient (Wildman–Crippen LogP) is 3.22. The molecule has 0 amide bonds. The van der Waals surface area contributed by atoms with E-state index in [1.54, 1.807) is 7.11 Å². The molecule has 106 valence electrons. The van der Waals surface area contributed by atoms with E-state index in [9.17, 15) is 0 Å². The molecular formula is C15H23ClN2O. The monoisotopic (exact) mass is 282 g/mol. The fourth-order valence-corrected chi connectivity index (χ4v) is 3.17. The maximum atomic E-state index is 6.14. The van der Waals surface area contributed by atoms with Crippen LogP contribution in [0, 0.1) is 0 Å². The molecule has 2 unspecified atom stereocenters. The van der Waals surface area contributed by atoms with Crippen LogP contribution in [-0.4, -0.2) is 31.1 Å². The molecule has 0 aliphatic carbocycles. The number of benzene rings is 1. The summed E-state index contributed by atoms with van der Waals surface area (Å²) in [5.41, 5.74) is 7.13. The molecule has 1 aromatic carbocycles. The average molecular weight is 283 g/mol. The molecule has 1 fully saturated rings. The predicted molar refractivity (Wildman–Crippen MR) is 79.8 cm³/mol. The van der Waals surface area contributed by atoms with Crippen molar-refractivity contribution in [1.82, 2.24) is 4.90 Å². The second-order valence-electron chi connectivity index (χ2n) is 5.22. The SMILES string of the molecule is COc1ccc(Cl)cc1C(CN)N1CCCCC1C. The van der Waals surface area contributed by atoms with Crippen LogP contribution in [0.5, 0.6) is 5.75 Å². The molecule has 0 saturated carbocycles. The topological polar surface area (TPSA) is 38.5 Å². The van der Waals surface area contributed by atoms with Crippen molar-refractivity contribution in [1.29, 1.82) is 0 Å². The standard InChI is InChI=1S/C15H23ClN2O/c1-11-5-3-4-8-18(11)14(10-17)13-9-12(16)6-7-15(13)19-2/h6-7,9,11,14H,3-5,8,10,17H2,1-2H3. The summed E-state index contributed by atoms with van der Waals surface area (Å²) in [7, 11) is 1.69. The Kier molecular flexibility index (Phi) is 5.08. The number of piperidine rings is 1. The fraction of sp³-hybridized carbons (Fsp3) is 0.600. The van der Waals surface area contributed by atoms with Crippen LogP contribution in [0.25, 0.3) is 0 Å². The van der Waals surface area contributed by atoms with Crippen LogP contribution in [0.15, 0.2) is 18.2 Å². The van der Waals surface area contributed by atoms with Gasteiger partial charge in [0.05, 0.1) is 13.2 Å². The Morgan fingerprint density at radius 3 is 2.89 bits per heavy atom. The van der Waals surface area contributed by atoms with E-state index in [2.05, 4.69) is 11.8 Å². The fourth-order valence-electron chi connectivity index (χ4n) is 2.99. The van der Waals surface area contributed by atoms with Crippen molar-refractivity contribution in [2.75, 3.05) is 20.2 Å². The molecule has 0 bridgehead atoms. The lowest BCUT2D eigenvalue weighted by Gasteiger charge is -2.39. The van der Waals surface area contributed by atoms with Crippen molar-refractivity contribution in [3.8, 4) is 5.75 Å². The summed E-state index contributed by atoms with van der Waals surface area (Å²) in [4.78, 5) is 2.48. The number of methoxy groups -OCH3 is 1. The third kappa shape index (κ3) is 3.22. The smallest absolute Gasteiger partial charge is 0.123 e. The summed E-state index contributed by atoms with van der Waals surface area (Å²) in [6.07, 6.45) is 3.78. The third-order valence-corrected chi connectivity index (χ3v) is 4.26. The lowest BCUT2D eigenvalue weighted by molar-refractivity contribution is 0.107. The molecule has 1 aromatic rings. The maximum Gasteiger partial charge on any atom is 0.123 e. The zero-order valence-electron chi connectivity index (χ0n) is 11.7. The summed E-state index contributed by atoms with van der Waals surface area (Å²) < 4.78 is 5.47. The molecule has 3 nitrogen and oxygen atoms in total. The van der Waals surface area contributed by atoms with Gasteiger partial charge in [-0.2, -0.15) is 0 Å². The van der Waals surface area contributed by atoms with E-state index in [-0.39, 0.29) is 6.04 Å². The molecular weight excluding hydrogens is 260 g/mol. The van der Waals surface area contributed by atoms with Crippen molar-refractivity contribution < 1.29 is 4.74 Å². The summed E-state index contributed by atoms with van der Waals surface area (Å²) in [5.74, 6) is 0.873. The van der Waals surface area contributed by atoms with Gasteiger partial charge in [0, 0.05) is 23.2 Å². The first-order chi connectivity index (χ1) is 9.17. The van der Waals surface area contributed by atoms with Crippen molar-refractivity contribution in [2.45, 2.75) is 38.3 Å². The molecule has 1 saturated heterocycles. The van der Waals surface area contributed by atoms with Gasteiger partial charge < -0.3 is 10.5 Å². The average Bonchev–Trinajstić information content (AvgIpc) is 2.42. The van der Waals surface area contributed by atoms with Crippen molar-refractivity contribution >= 4 is 11.6 Å². The molecule has 0 spiro atoms. The van der Waals surface area contributed by atoms with Gasteiger partial charge in [0.15, 0.2) is 0 Å². The molecule has 1 heterocycles. The molecule has 0 radical (unpaired) electrons. The minimum Gasteiger partial charge on any atom is -0.496 e. The molecule has 2 atom stereocenters. The first-order valence-electron chi connectivity index (χ1n) is 6.96. The minimum absolute atomic E-state index is 0.184. The Labute approximate surface area is 120 Å². The van der Waals surface area contributed by atoms with E-state index < -0.39 is 0 Å². The van der Waals surface area contributed by atoms with E-state index in [4.69, 9.17) is 22.1 Å². The molecule has 2 rings (SSSR count). The first-order valence-corrected chi connectivity index (χ1v) is 7.34. The van der Waals surface area contributed by atoms with Gasteiger partial charge in [-0.3, -0.25) is 4.90 Å². The molecule has 1 aliphatic heterocycles. The Morgan fingerprint density at radius 2 is 2.26 bits per heavy atom. The summed E-state index contributed by atoms with van der Waals surface area (Å²) in [6.45, 7) is 3.96. The third-order valence-electron chi connectivity index (χ3n) is 4.03. The summed E-state index contributed by atoms with van der Waals surface area (Å²) >= 11 is 6.14. The van der Waals surface area contributed by atoms with Gasteiger partial charge in [0.25, 0.3) is 0 Å². The quantitative estimate of drug-likeness (QED) is 0.921. The van der Waals surface area contributed by atoms with Crippen molar-refractivity contribution in [3.63, 3.8) is 0 Å². The Balaban J connectivity index is 2.32. The normalized spacial score (nSPS) is 22.2. The summed E-state index contributed by atoms with van der Waals surface area (Å²) in [5, 5.41) is 0.735. The van der Waals surface area contributed by atoms with Gasteiger partial charge in [-0.15, -0.1) is 0 Å². The van der Waals surface area contributed by atoms with Crippen LogP contribution in [0.3, 0.4) is 0 Å². The van der Waals surface area contributed by atoms with Gasteiger partial charge in [-0.25, -0.2) is 0 Å². The number of nitrogens with two attached hydrogens (primary N) is 1. The highest BCUT2D eigenvalue weighted by atomic mass is 35.5. The van der Waals surface area contributed by atoms with Gasteiger partial charge in [0.1, 0.15) is 5.75 Å². The van der Waals surface area contributed by atoms with Crippen LogP contribution < -0.4 is 10.5 Å². The molecule has 1 aliphatic rings. The number of rotatable bonds is 4.